The molecule has 3 heteroatoms. The Bertz CT molecular complexity index is 561. The van der Waals surface area contributed by atoms with Gasteiger partial charge in [0.05, 0.1) is 13.7 Å². The van der Waals surface area contributed by atoms with Crippen LogP contribution in [0.4, 0.5) is 0 Å². The van der Waals surface area contributed by atoms with E-state index in [2.05, 4.69) is 0 Å². The Morgan fingerprint density at radius 3 is 2.42 bits per heavy atom. The van der Waals surface area contributed by atoms with Gasteiger partial charge in [0.25, 0.3) is 0 Å². The van der Waals surface area contributed by atoms with Crippen LogP contribution in [0.5, 0.6) is 5.75 Å². The van der Waals surface area contributed by atoms with Gasteiger partial charge in [-0.3, -0.25) is 0 Å². The molecule has 2 rings (SSSR count). The lowest BCUT2D eigenvalue weighted by Crippen LogP contribution is -2.06. The normalized spacial score (nSPS) is 10.0. The van der Waals surface area contributed by atoms with Crippen LogP contribution in [0.25, 0.3) is 11.1 Å². The number of carbonyl (C=O) groups is 1. The van der Waals surface area contributed by atoms with E-state index in [0.29, 0.717) is 17.9 Å². The Morgan fingerprint density at radius 1 is 1.05 bits per heavy atom. The minimum Gasteiger partial charge on any atom is -0.496 e. The first-order chi connectivity index (χ1) is 9.26. The van der Waals surface area contributed by atoms with Crippen molar-refractivity contribution in [1.82, 2.24) is 0 Å². The number of methoxy groups -OCH3 is 1. The molecule has 0 N–H and O–H groups in total. The lowest BCUT2D eigenvalue weighted by atomic mass is 10.0. The first kappa shape index (κ1) is 13.1. The molecule has 0 saturated heterocycles. The minimum absolute atomic E-state index is 0.350. The second-order valence-electron chi connectivity index (χ2n) is 4.00. The number of esters is 1. The highest BCUT2D eigenvalue weighted by Gasteiger charge is 2.14. The van der Waals surface area contributed by atoms with E-state index >= 15 is 0 Å². The predicted octanol–water partition coefficient (Wildman–Crippen LogP) is 3.54. The Hall–Kier alpha value is -2.29. The fourth-order valence-corrected chi connectivity index (χ4v) is 1.88. The van der Waals surface area contributed by atoms with Crippen LogP contribution in [-0.2, 0) is 4.74 Å². The summed E-state index contributed by atoms with van der Waals surface area (Å²) in [6, 6.07) is 15.4. The monoisotopic (exact) mass is 256 g/mol. The van der Waals surface area contributed by atoms with E-state index in [-0.39, 0.29) is 5.97 Å². The molecule has 0 spiro atoms. The van der Waals surface area contributed by atoms with Crippen molar-refractivity contribution in [2.24, 2.45) is 0 Å². The third-order valence-corrected chi connectivity index (χ3v) is 2.80. The second-order valence-corrected chi connectivity index (χ2v) is 4.00. The fourth-order valence-electron chi connectivity index (χ4n) is 1.88. The molecule has 0 heterocycles. The second kappa shape index (κ2) is 6.05. The SMILES string of the molecule is CCOC(=O)c1ccc(-c2ccccc2)cc1OC. The Labute approximate surface area is 112 Å². The molecule has 3 nitrogen and oxygen atoms in total. The lowest BCUT2D eigenvalue weighted by Gasteiger charge is -2.10. The smallest absolute Gasteiger partial charge is 0.341 e. The standard InChI is InChI=1S/C16H16O3/c1-3-19-16(17)14-10-9-13(11-15(14)18-2)12-7-5-4-6-8-12/h4-11H,3H2,1-2H3. The Balaban J connectivity index is 2.39. The molecule has 0 radical (unpaired) electrons. The molecule has 0 bridgehead atoms. The maximum absolute atomic E-state index is 11.8. The van der Waals surface area contributed by atoms with Crippen LogP contribution in [0.2, 0.25) is 0 Å². The molecule has 0 fully saturated rings. The van der Waals surface area contributed by atoms with Crippen LogP contribution in [0.3, 0.4) is 0 Å². The van der Waals surface area contributed by atoms with Gasteiger partial charge in [0.1, 0.15) is 11.3 Å². The summed E-state index contributed by atoms with van der Waals surface area (Å²) < 4.78 is 10.3. The lowest BCUT2D eigenvalue weighted by molar-refractivity contribution is 0.0523. The topological polar surface area (TPSA) is 35.5 Å². The summed E-state index contributed by atoms with van der Waals surface area (Å²) in [5.41, 5.74) is 2.53. The van der Waals surface area contributed by atoms with Gasteiger partial charge in [-0.05, 0) is 30.2 Å². The molecule has 19 heavy (non-hydrogen) atoms. The average molecular weight is 256 g/mol. The molecule has 0 aliphatic rings. The molecule has 2 aromatic rings. The molecule has 0 saturated carbocycles. The maximum Gasteiger partial charge on any atom is 0.341 e. The molecule has 0 amide bonds. The number of carbonyl (C=O) groups excluding carboxylic acids is 1. The summed E-state index contributed by atoms with van der Waals surface area (Å²) in [5.74, 6) is 0.166. The molecule has 0 aromatic heterocycles. The molecule has 98 valence electrons. The number of hydrogen-bond donors (Lipinski definition) is 0. The van der Waals surface area contributed by atoms with Gasteiger partial charge in [0, 0.05) is 0 Å². The highest BCUT2D eigenvalue weighted by molar-refractivity contribution is 5.93. The van der Waals surface area contributed by atoms with Gasteiger partial charge < -0.3 is 9.47 Å². The van der Waals surface area contributed by atoms with Crippen LogP contribution in [-0.4, -0.2) is 19.7 Å². The first-order valence-electron chi connectivity index (χ1n) is 6.17. The number of rotatable bonds is 4. The van der Waals surface area contributed by atoms with Gasteiger partial charge in [-0.25, -0.2) is 4.79 Å². The van der Waals surface area contributed by atoms with Crippen LogP contribution in [0, 0.1) is 0 Å². The molecular weight excluding hydrogens is 240 g/mol. The molecule has 0 aliphatic carbocycles. The largest absolute Gasteiger partial charge is 0.496 e. The number of hydrogen-bond acceptors (Lipinski definition) is 3. The summed E-state index contributed by atoms with van der Waals surface area (Å²) >= 11 is 0. The number of benzene rings is 2. The highest BCUT2D eigenvalue weighted by Crippen LogP contribution is 2.27. The molecule has 0 atom stereocenters. The van der Waals surface area contributed by atoms with Crippen molar-refractivity contribution in [3.63, 3.8) is 0 Å². The summed E-state index contributed by atoms with van der Waals surface area (Å²) in [6.07, 6.45) is 0. The third-order valence-electron chi connectivity index (χ3n) is 2.80. The van der Waals surface area contributed by atoms with E-state index in [9.17, 15) is 4.79 Å². The summed E-state index contributed by atoms with van der Waals surface area (Å²) in [5, 5.41) is 0. The van der Waals surface area contributed by atoms with Crippen LogP contribution < -0.4 is 4.74 Å². The van der Waals surface area contributed by atoms with Crippen molar-refractivity contribution >= 4 is 5.97 Å². The van der Waals surface area contributed by atoms with Crippen LogP contribution in [0.15, 0.2) is 48.5 Å². The van der Waals surface area contributed by atoms with Crippen molar-refractivity contribution in [2.75, 3.05) is 13.7 Å². The Morgan fingerprint density at radius 2 is 1.79 bits per heavy atom. The summed E-state index contributed by atoms with van der Waals surface area (Å²) in [6.45, 7) is 2.13. The first-order valence-corrected chi connectivity index (χ1v) is 6.17. The van der Waals surface area contributed by atoms with E-state index in [1.54, 1.807) is 20.1 Å². The molecule has 0 unspecified atom stereocenters. The maximum atomic E-state index is 11.8. The van der Waals surface area contributed by atoms with E-state index < -0.39 is 0 Å². The van der Waals surface area contributed by atoms with E-state index in [1.807, 2.05) is 42.5 Å². The van der Waals surface area contributed by atoms with Gasteiger partial charge in [-0.2, -0.15) is 0 Å². The summed E-state index contributed by atoms with van der Waals surface area (Å²) in [4.78, 5) is 11.8. The van der Waals surface area contributed by atoms with Crippen molar-refractivity contribution in [3.8, 4) is 16.9 Å². The highest BCUT2D eigenvalue weighted by atomic mass is 16.5. The van der Waals surface area contributed by atoms with Crippen molar-refractivity contribution in [1.29, 1.82) is 0 Å². The van der Waals surface area contributed by atoms with E-state index in [4.69, 9.17) is 9.47 Å². The van der Waals surface area contributed by atoms with Gasteiger partial charge in [0.15, 0.2) is 0 Å². The van der Waals surface area contributed by atoms with Crippen molar-refractivity contribution < 1.29 is 14.3 Å². The predicted molar refractivity (Wildman–Crippen MR) is 74.4 cm³/mol. The minimum atomic E-state index is -0.362. The van der Waals surface area contributed by atoms with Crippen LogP contribution in [0.1, 0.15) is 17.3 Å². The molecular formula is C16H16O3. The van der Waals surface area contributed by atoms with E-state index in [0.717, 1.165) is 11.1 Å². The zero-order valence-electron chi connectivity index (χ0n) is 11.1. The number of ether oxygens (including phenoxy) is 2. The van der Waals surface area contributed by atoms with Crippen LogP contribution >= 0.6 is 0 Å². The Kier molecular flexibility index (Phi) is 4.18. The van der Waals surface area contributed by atoms with Crippen molar-refractivity contribution in [2.45, 2.75) is 6.92 Å². The third kappa shape index (κ3) is 2.94. The fraction of sp³-hybridized carbons (Fsp3) is 0.188. The summed E-state index contributed by atoms with van der Waals surface area (Å²) in [7, 11) is 1.55. The van der Waals surface area contributed by atoms with E-state index in [1.165, 1.54) is 0 Å². The van der Waals surface area contributed by atoms with Crippen molar-refractivity contribution in [3.05, 3.63) is 54.1 Å². The zero-order valence-corrected chi connectivity index (χ0v) is 11.1. The average Bonchev–Trinajstić information content (AvgIpc) is 2.47. The quantitative estimate of drug-likeness (QED) is 0.785. The van der Waals surface area contributed by atoms with Gasteiger partial charge >= 0.3 is 5.97 Å². The molecule has 0 aliphatic heterocycles. The molecule has 2 aromatic carbocycles. The van der Waals surface area contributed by atoms with Gasteiger partial charge in [0.2, 0.25) is 0 Å². The van der Waals surface area contributed by atoms with Gasteiger partial charge in [-0.15, -0.1) is 0 Å². The van der Waals surface area contributed by atoms with Gasteiger partial charge in [-0.1, -0.05) is 36.4 Å². The zero-order chi connectivity index (χ0) is 13.7.